The van der Waals surface area contributed by atoms with Crippen LogP contribution in [0.15, 0.2) is 0 Å². The maximum atomic E-state index is 10.7. The third kappa shape index (κ3) is 2.96. The van der Waals surface area contributed by atoms with Crippen molar-refractivity contribution in [2.75, 3.05) is 6.54 Å². The Balaban J connectivity index is 1.53. The largest absolute Gasteiger partial charge is 0.356 e. The van der Waals surface area contributed by atoms with E-state index >= 15 is 0 Å². The number of fused-ring (bicyclic) bond motifs is 2. The van der Waals surface area contributed by atoms with Crippen LogP contribution in [-0.2, 0) is 4.79 Å². The summed E-state index contributed by atoms with van der Waals surface area (Å²) in [5.41, 5.74) is 0. The van der Waals surface area contributed by atoms with Gasteiger partial charge in [-0.2, -0.15) is 0 Å². The zero-order valence-corrected chi connectivity index (χ0v) is 9.80. The topological polar surface area (TPSA) is 29.1 Å². The van der Waals surface area contributed by atoms with Crippen molar-refractivity contribution in [3.05, 3.63) is 0 Å². The molecule has 0 aromatic carbocycles. The van der Waals surface area contributed by atoms with Crippen molar-refractivity contribution in [1.82, 2.24) is 5.32 Å². The first-order chi connectivity index (χ1) is 7.25. The van der Waals surface area contributed by atoms with E-state index in [2.05, 4.69) is 5.32 Å². The Hall–Kier alpha value is -0.530. The van der Waals surface area contributed by atoms with Crippen molar-refractivity contribution in [3.63, 3.8) is 0 Å². The average Bonchev–Trinajstić information content (AvgIpc) is 2.78. The summed E-state index contributed by atoms with van der Waals surface area (Å²) in [6, 6.07) is 0. The number of nitrogens with one attached hydrogen (secondary N) is 1. The minimum atomic E-state index is 0.106. The van der Waals surface area contributed by atoms with E-state index in [9.17, 15) is 4.79 Å². The number of hydrogen-bond acceptors (Lipinski definition) is 1. The van der Waals surface area contributed by atoms with Crippen molar-refractivity contribution in [3.8, 4) is 0 Å². The molecular weight excluding hydrogens is 186 g/mol. The molecule has 3 unspecified atom stereocenters. The minimum absolute atomic E-state index is 0.106. The molecule has 2 heteroatoms. The van der Waals surface area contributed by atoms with E-state index in [0.717, 1.165) is 30.7 Å². The predicted octanol–water partition coefficient (Wildman–Crippen LogP) is 2.73. The third-order valence-corrected chi connectivity index (χ3v) is 4.26. The Morgan fingerprint density at radius 3 is 2.73 bits per heavy atom. The molecule has 0 aliphatic heterocycles. The minimum Gasteiger partial charge on any atom is -0.356 e. The Morgan fingerprint density at radius 1 is 1.27 bits per heavy atom. The Morgan fingerprint density at radius 2 is 2.13 bits per heavy atom. The first kappa shape index (κ1) is 11.0. The smallest absolute Gasteiger partial charge is 0.216 e. The van der Waals surface area contributed by atoms with Gasteiger partial charge in [-0.1, -0.05) is 19.3 Å². The van der Waals surface area contributed by atoms with Gasteiger partial charge in [-0.05, 0) is 43.4 Å². The molecule has 86 valence electrons. The molecule has 1 N–H and O–H groups in total. The normalized spacial score (nSPS) is 33.3. The number of carbonyl (C=O) groups is 1. The number of rotatable bonds is 5. The summed E-state index contributed by atoms with van der Waals surface area (Å²) in [6.45, 7) is 2.46. The van der Waals surface area contributed by atoms with Crippen molar-refractivity contribution >= 4 is 5.91 Å². The number of unbranched alkanes of at least 4 members (excludes halogenated alkanes) is 1. The van der Waals surface area contributed by atoms with Crippen LogP contribution in [0, 0.1) is 17.8 Å². The second kappa shape index (κ2) is 5.00. The second-order valence-electron chi connectivity index (χ2n) is 5.41. The molecular formula is C13H23NO. The summed E-state index contributed by atoms with van der Waals surface area (Å²) in [6.07, 6.45) is 9.90. The lowest BCUT2D eigenvalue weighted by Crippen LogP contribution is -2.21. The Kier molecular flexibility index (Phi) is 3.66. The molecule has 2 nitrogen and oxygen atoms in total. The molecule has 2 fully saturated rings. The standard InChI is InChI=1S/C13H23NO/c1-10(15)14-7-3-2-4-12-8-11-5-6-13(12)9-11/h11-13H,2-9H2,1H3,(H,14,15). The monoisotopic (exact) mass is 209 g/mol. The van der Waals surface area contributed by atoms with Gasteiger partial charge in [-0.15, -0.1) is 0 Å². The van der Waals surface area contributed by atoms with Gasteiger partial charge in [-0.3, -0.25) is 4.79 Å². The molecule has 0 spiro atoms. The molecule has 0 heterocycles. The highest BCUT2D eigenvalue weighted by Crippen LogP contribution is 2.49. The molecule has 15 heavy (non-hydrogen) atoms. The Labute approximate surface area is 92.8 Å². The molecule has 2 aliphatic rings. The van der Waals surface area contributed by atoms with Crippen LogP contribution < -0.4 is 5.32 Å². The highest BCUT2D eigenvalue weighted by molar-refractivity contribution is 5.72. The lowest BCUT2D eigenvalue weighted by atomic mass is 9.85. The van der Waals surface area contributed by atoms with Crippen LogP contribution >= 0.6 is 0 Å². The van der Waals surface area contributed by atoms with Crippen LogP contribution in [0.25, 0.3) is 0 Å². The molecule has 3 atom stereocenters. The van der Waals surface area contributed by atoms with Gasteiger partial charge in [0.2, 0.25) is 5.91 Å². The van der Waals surface area contributed by atoms with E-state index in [4.69, 9.17) is 0 Å². The first-order valence-electron chi connectivity index (χ1n) is 6.50. The van der Waals surface area contributed by atoms with Crippen LogP contribution in [0.3, 0.4) is 0 Å². The molecule has 0 radical (unpaired) electrons. The van der Waals surface area contributed by atoms with Gasteiger partial charge in [0.1, 0.15) is 0 Å². The van der Waals surface area contributed by atoms with Gasteiger partial charge in [0.05, 0.1) is 0 Å². The van der Waals surface area contributed by atoms with E-state index < -0.39 is 0 Å². The van der Waals surface area contributed by atoms with E-state index in [0.29, 0.717) is 0 Å². The van der Waals surface area contributed by atoms with E-state index in [1.165, 1.54) is 38.5 Å². The summed E-state index contributed by atoms with van der Waals surface area (Å²) >= 11 is 0. The number of carbonyl (C=O) groups excluding carboxylic acids is 1. The van der Waals surface area contributed by atoms with Gasteiger partial charge in [-0.25, -0.2) is 0 Å². The van der Waals surface area contributed by atoms with Crippen LogP contribution in [-0.4, -0.2) is 12.5 Å². The van der Waals surface area contributed by atoms with E-state index in [1.54, 1.807) is 6.92 Å². The highest BCUT2D eigenvalue weighted by Gasteiger charge is 2.38. The molecule has 2 aliphatic carbocycles. The highest BCUT2D eigenvalue weighted by atomic mass is 16.1. The molecule has 0 aromatic heterocycles. The summed E-state index contributed by atoms with van der Waals surface area (Å²) in [5, 5.41) is 2.87. The van der Waals surface area contributed by atoms with Crippen molar-refractivity contribution in [2.45, 2.75) is 51.9 Å². The number of amides is 1. The van der Waals surface area contributed by atoms with Gasteiger partial charge >= 0.3 is 0 Å². The van der Waals surface area contributed by atoms with Crippen molar-refractivity contribution in [1.29, 1.82) is 0 Å². The maximum absolute atomic E-state index is 10.7. The second-order valence-corrected chi connectivity index (χ2v) is 5.41. The summed E-state index contributed by atoms with van der Waals surface area (Å²) in [4.78, 5) is 10.7. The third-order valence-electron chi connectivity index (χ3n) is 4.26. The van der Waals surface area contributed by atoms with Gasteiger partial charge in [0.15, 0.2) is 0 Å². The van der Waals surface area contributed by atoms with E-state index in [-0.39, 0.29) is 5.91 Å². The SMILES string of the molecule is CC(=O)NCCCCC1CC2CCC1C2. The first-order valence-corrected chi connectivity index (χ1v) is 6.50. The fourth-order valence-corrected chi connectivity index (χ4v) is 3.53. The fourth-order valence-electron chi connectivity index (χ4n) is 3.53. The van der Waals surface area contributed by atoms with Crippen molar-refractivity contribution < 1.29 is 4.79 Å². The molecule has 1 amide bonds. The van der Waals surface area contributed by atoms with Gasteiger partial charge in [0, 0.05) is 13.5 Å². The predicted molar refractivity (Wildman–Crippen MR) is 61.5 cm³/mol. The lowest BCUT2D eigenvalue weighted by molar-refractivity contribution is -0.118. The molecule has 0 aromatic rings. The molecule has 2 saturated carbocycles. The zero-order chi connectivity index (χ0) is 10.7. The van der Waals surface area contributed by atoms with Gasteiger partial charge in [0.25, 0.3) is 0 Å². The van der Waals surface area contributed by atoms with Crippen LogP contribution in [0.4, 0.5) is 0 Å². The van der Waals surface area contributed by atoms with Crippen LogP contribution in [0.2, 0.25) is 0 Å². The number of hydrogen-bond donors (Lipinski definition) is 1. The quantitative estimate of drug-likeness (QED) is 0.693. The maximum Gasteiger partial charge on any atom is 0.216 e. The average molecular weight is 209 g/mol. The molecule has 2 bridgehead atoms. The lowest BCUT2D eigenvalue weighted by Gasteiger charge is -2.21. The van der Waals surface area contributed by atoms with Crippen LogP contribution in [0.1, 0.15) is 51.9 Å². The van der Waals surface area contributed by atoms with Crippen molar-refractivity contribution in [2.24, 2.45) is 17.8 Å². The van der Waals surface area contributed by atoms with Crippen LogP contribution in [0.5, 0.6) is 0 Å². The summed E-state index contributed by atoms with van der Waals surface area (Å²) in [7, 11) is 0. The fraction of sp³-hybridized carbons (Fsp3) is 0.923. The zero-order valence-electron chi connectivity index (χ0n) is 9.80. The summed E-state index contributed by atoms with van der Waals surface area (Å²) in [5.74, 6) is 3.28. The van der Waals surface area contributed by atoms with E-state index in [1.807, 2.05) is 0 Å². The molecule has 0 saturated heterocycles. The van der Waals surface area contributed by atoms with Gasteiger partial charge < -0.3 is 5.32 Å². The Bertz CT molecular complexity index is 227. The summed E-state index contributed by atoms with van der Waals surface area (Å²) < 4.78 is 0. The molecule has 2 rings (SSSR count).